The first-order valence-corrected chi connectivity index (χ1v) is 5.93. The number of amides is 1. The first kappa shape index (κ1) is 13.6. The number of rotatable bonds is 3. The Morgan fingerprint density at radius 2 is 1.95 bits per heavy atom. The van der Waals surface area contributed by atoms with E-state index in [1.54, 1.807) is 24.3 Å². The summed E-state index contributed by atoms with van der Waals surface area (Å²) < 4.78 is 13.3. The van der Waals surface area contributed by atoms with E-state index in [-0.39, 0.29) is 17.8 Å². The molecule has 0 aliphatic carbocycles. The van der Waals surface area contributed by atoms with Gasteiger partial charge in [-0.15, -0.1) is 0 Å². The van der Waals surface area contributed by atoms with Gasteiger partial charge < -0.3 is 11.1 Å². The first-order chi connectivity index (χ1) is 9.61. The van der Waals surface area contributed by atoms with Crippen LogP contribution in [0.1, 0.15) is 21.5 Å². The number of halogens is 1. The van der Waals surface area contributed by atoms with Gasteiger partial charge in [0, 0.05) is 6.54 Å². The lowest BCUT2D eigenvalue weighted by molar-refractivity contribution is 0.0951. The van der Waals surface area contributed by atoms with Gasteiger partial charge in [0.15, 0.2) is 0 Å². The number of nitriles is 1. The van der Waals surface area contributed by atoms with Crippen LogP contribution in [0.25, 0.3) is 0 Å². The molecule has 0 spiro atoms. The minimum atomic E-state index is -0.615. The Labute approximate surface area is 115 Å². The van der Waals surface area contributed by atoms with Crippen molar-refractivity contribution in [1.29, 1.82) is 5.26 Å². The van der Waals surface area contributed by atoms with Crippen LogP contribution in [0.5, 0.6) is 0 Å². The highest BCUT2D eigenvalue weighted by Crippen LogP contribution is 2.15. The van der Waals surface area contributed by atoms with E-state index in [4.69, 9.17) is 11.0 Å². The molecule has 0 aromatic heterocycles. The fourth-order valence-corrected chi connectivity index (χ4v) is 1.71. The fourth-order valence-electron chi connectivity index (χ4n) is 1.71. The van der Waals surface area contributed by atoms with Crippen LogP contribution >= 0.6 is 0 Å². The van der Waals surface area contributed by atoms with Gasteiger partial charge in [0.05, 0.1) is 22.9 Å². The minimum Gasteiger partial charge on any atom is -0.396 e. The van der Waals surface area contributed by atoms with Gasteiger partial charge in [-0.2, -0.15) is 5.26 Å². The number of nitrogens with two attached hydrogens (primary N) is 1. The summed E-state index contributed by atoms with van der Waals surface area (Å²) in [5.41, 5.74) is 6.86. The Kier molecular flexibility index (Phi) is 3.96. The number of nitrogen functional groups attached to an aromatic ring is 1. The molecule has 3 N–H and O–H groups in total. The van der Waals surface area contributed by atoms with Crippen LogP contribution in [-0.2, 0) is 6.54 Å². The lowest BCUT2D eigenvalue weighted by Crippen LogP contribution is -2.24. The van der Waals surface area contributed by atoms with Crippen LogP contribution in [0, 0.1) is 17.1 Å². The molecule has 0 saturated heterocycles. The van der Waals surface area contributed by atoms with Crippen LogP contribution < -0.4 is 11.1 Å². The summed E-state index contributed by atoms with van der Waals surface area (Å²) in [4.78, 5) is 11.9. The standard InChI is InChI=1S/C15H12FN3O/c16-13-3-1-2-12(14(13)18)15(20)19-9-11-6-4-10(8-17)5-7-11/h1-7H,9,18H2,(H,19,20). The molecule has 5 heteroatoms. The van der Waals surface area contributed by atoms with Crippen LogP contribution in [0.4, 0.5) is 10.1 Å². The highest BCUT2D eigenvalue weighted by molar-refractivity contribution is 5.99. The maximum Gasteiger partial charge on any atom is 0.253 e. The molecule has 0 atom stereocenters. The maximum absolute atomic E-state index is 13.3. The molecule has 0 heterocycles. The fraction of sp³-hybridized carbons (Fsp3) is 0.0667. The molecule has 2 aromatic carbocycles. The second kappa shape index (κ2) is 5.85. The third-order valence-electron chi connectivity index (χ3n) is 2.83. The van der Waals surface area contributed by atoms with E-state index in [1.165, 1.54) is 18.2 Å². The van der Waals surface area contributed by atoms with Gasteiger partial charge in [0.2, 0.25) is 0 Å². The molecular formula is C15H12FN3O. The zero-order valence-corrected chi connectivity index (χ0v) is 10.6. The predicted molar refractivity (Wildman–Crippen MR) is 73.1 cm³/mol. The molecule has 0 aliphatic heterocycles. The molecule has 0 fully saturated rings. The van der Waals surface area contributed by atoms with Gasteiger partial charge in [-0.05, 0) is 29.8 Å². The van der Waals surface area contributed by atoms with Gasteiger partial charge in [-0.1, -0.05) is 18.2 Å². The monoisotopic (exact) mass is 269 g/mol. The van der Waals surface area contributed by atoms with Crippen molar-refractivity contribution >= 4 is 11.6 Å². The average molecular weight is 269 g/mol. The molecule has 0 aliphatic rings. The second-order valence-electron chi connectivity index (χ2n) is 4.19. The number of benzene rings is 2. The summed E-state index contributed by atoms with van der Waals surface area (Å²) in [5, 5.41) is 11.3. The summed E-state index contributed by atoms with van der Waals surface area (Å²) in [6, 6.07) is 12.9. The van der Waals surface area contributed by atoms with E-state index < -0.39 is 11.7 Å². The quantitative estimate of drug-likeness (QED) is 0.838. The smallest absolute Gasteiger partial charge is 0.253 e. The number of nitrogens with zero attached hydrogens (tertiary/aromatic N) is 1. The second-order valence-corrected chi connectivity index (χ2v) is 4.19. The first-order valence-electron chi connectivity index (χ1n) is 5.93. The van der Waals surface area contributed by atoms with Crippen LogP contribution in [0.15, 0.2) is 42.5 Å². The Hall–Kier alpha value is -2.87. The largest absolute Gasteiger partial charge is 0.396 e. The summed E-state index contributed by atoms with van der Waals surface area (Å²) in [6.07, 6.45) is 0. The highest BCUT2D eigenvalue weighted by atomic mass is 19.1. The third kappa shape index (κ3) is 2.93. The van der Waals surface area contributed by atoms with Gasteiger partial charge in [0.25, 0.3) is 5.91 Å². The summed E-state index contributed by atoms with van der Waals surface area (Å²) >= 11 is 0. The Bertz CT molecular complexity index is 675. The Morgan fingerprint density at radius 3 is 2.60 bits per heavy atom. The molecule has 0 radical (unpaired) electrons. The Morgan fingerprint density at radius 1 is 1.25 bits per heavy atom. The number of nitrogens with one attached hydrogen (secondary N) is 1. The summed E-state index contributed by atoms with van der Waals surface area (Å²) in [6.45, 7) is 0.278. The molecule has 4 nitrogen and oxygen atoms in total. The molecule has 2 aromatic rings. The molecule has 100 valence electrons. The zero-order valence-electron chi connectivity index (χ0n) is 10.6. The summed E-state index contributed by atoms with van der Waals surface area (Å²) in [7, 11) is 0. The van der Waals surface area contributed by atoms with E-state index in [2.05, 4.69) is 5.32 Å². The molecule has 2 rings (SSSR count). The maximum atomic E-state index is 13.3. The number of carbonyl (C=O) groups excluding carboxylic acids is 1. The van der Waals surface area contributed by atoms with Gasteiger partial charge in [-0.25, -0.2) is 4.39 Å². The van der Waals surface area contributed by atoms with E-state index in [1.807, 2.05) is 6.07 Å². The SMILES string of the molecule is N#Cc1ccc(CNC(=O)c2cccc(F)c2N)cc1. The van der Waals surface area contributed by atoms with Crippen molar-refractivity contribution in [2.45, 2.75) is 6.54 Å². The molecule has 0 bridgehead atoms. The van der Waals surface area contributed by atoms with Crippen LogP contribution in [-0.4, -0.2) is 5.91 Å². The van der Waals surface area contributed by atoms with E-state index in [0.29, 0.717) is 5.56 Å². The van der Waals surface area contributed by atoms with Crippen molar-refractivity contribution < 1.29 is 9.18 Å². The van der Waals surface area contributed by atoms with Gasteiger partial charge in [0.1, 0.15) is 5.82 Å². The minimum absolute atomic E-state index is 0.110. The number of para-hydroxylation sites is 1. The summed E-state index contributed by atoms with van der Waals surface area (Å²) in [5.74, 6) is -1.05. The van der Waals surface area contributed by atoms with Crippen LogP contribution in [0.3, 0.4) is 0 Å². The van der Waals surface area contributed by atoms with Gasteiger partial charge >= 0.3 is 0 Å². The molecule has 0 unspecified atom stereocenters. The number of carbonyl (C=O) groups is 1. The third-order valence-corrected chi connectivity index (χ3v) is 2.83. The predicted octanol–water partition coefficient (Wildman–Crippen LogP) is 2.21. The number of anilines is 1. The lowest BCUT2D eigenvalue weighted by Gasteiger charge is -2.08. The lowest BCUT2D eigenvalue weighted by atomic mass is 10.1. The van der Waals surface area contributed by atoms with E-state index in [0.717, 1.165) is 5.56 Å². The molecule has 1 amide bonds. The molecule has 20 heavy (non-hydrogen) atoms. The topological polar surface area (TPSA) is 78.9 Å². The van der Waals surface area contributed by atoms with Crippen molar-refractivity contribution in [3.05, 3.63) is 65.0 Å². The van der Waals surface area contributed by atoms with E-state index >= 15 is 0 Å². The van der Waals surface area contributed by atoms with Crippen molar-refractivity contribution in [2.24, 2.45) is 0 Å². The Balaban J connectivity index is 2.05. The highest BCUT2D eigenvalue weighted by Gasteiger charge is 2.11. The zero-order chi connectivity index (χ0) is 14.5. The number of hydrogen-bond donors (Lipinski definition) is 2. The van der Waals surface area contributed by atoms with Crippen LogP contribution in [0.2, 0.25) is 0 Å². The van der Waals surface area contributed by atoms with Crippen molar-refractivity contribution in [1.82, 2.24) is 5.32 Å². The average Bonchev–Trinajstić information content (AvgIpc) is 2.48. The van der Waals surface area contributed by atoms with Crippen molar-refractivity contribution in [3.8, 4) is 6.07 Å². The number of hydrogen-bond acceptors (Lipinski definition) is 3. The normalized spacial score (nSPS) is 9.80. The van der Waals surface area contributed by atoms with Crippen molar-refractivity contribution in [3.63, 3.8) is 0 Å². The molecule has 0 saturated carbocycles. The van der Waals surface area contributed by atoms with E-state index in [9.17, 15) is 9.18 Å². The molecular weight excluding hydrogens is 257 g/mol. The van der Waals surface area contributed by atoms with Crippen molar-refractivity contribution in [2.75, 3.05) is 5.73 Å². The van der Waals surface area contributed by atoms with Gasteiger partial charge in [-0.3, -0.25) is 4.79 Å².